The maximum Gasteiger partial charge on any atom is 0.234 e. The van der Waals surface area contributed by atoms with Gasteiger partial charge in [0.2, 0.25) is 6.08 Å². The standard InChI is InChI=1S/C11H13NO3/c1-14-10-4-3-9(5-6-12-8-13)7-11(10)15-2/h3-4,7H,5-6H2,1-2H3. The van der Waals surface area contributed by atoms with Crippen LogP contribution in [0, 0.1) is 0 Å². The molecule has 0 radical (unpaired) electrons. The summed E-state index contributed by atoms with van der Waals surface area (Å²) in [5.41, 5.74) is 1.05. The minimum atomic E-state index is 0.443. The highest BCUT2D eigenvalue weighted by Crippen LogP contribution is 2.27. The molecular weight excluding hydrogens is 194 g/mol. The quantitative estimate of drug-likeness (QED) is 0.544. The number of rotatable bonds is 5. The molecular formula is C11H13NO3. The Morgan fingerprint density at radius 2 is 2.00 bits per heavy atom. The summed E-state index contributed by atoms with van der Waals surface area (Å²) in [6, 6.07) is 5.62. The highest BCUT2D eigenvalue weighted by molar-refractivity contribution is 5.43. The molecule has 1 aromatic rings. The van der Waals surface area contributed by atoms with Crippen LogP contribution in [0.1, 0.15) is 5.56 Å². The number of isocyanates is 1. The molecule has 0 spiro atoms. The second-order valence-corrected chi connectivity index (χ2v) is 2.91. The number of hydrogen-bond acceptors (Lipinski definition) is 4. The van der Waals surface area contributed by atoms with Crippen molar-refractivity contribution in [1.29, 1.82) is 0 Å². The van der Waals surface area contributed by atoms with E-state index in [0.29, 0.717) is 24.5 Å². The second kappa shape index (κ2) is 5.83. The van der Waals surface area contributed by atoms with Crippen LogP contribution in [-0.2, 0) is 11.2 Å². The van der Waals surface area contributed by atoms with E-state index in [1.807, 2.05) is 18.2 Å². The van der Waals surface area contributed by atoms with Crippen LogP contribution in [0.25, 0.3) is 0 Å². The van der Waals surface area contributed by atoms with Crippen LogP contribution in [0.5, 0.6) is 11.5 Å². The molecule has 0 aliphatic carbocycles. The first-order chi connectivity index (χ1) is 7.31. The SMILES string of the molecule is COc1ccc(CCN=C=O)cc1OC. The maximum atomic E-state index is 9.88. The number of nitrogens with zero attached hydrogens (tertiary/aromatic N) is 1. The fourth-order valence-corrected chi connectivity index (χ4v) is 1.27. The van der Waals surface area contributed by atoms with Crippen LogP contribution < -0.4 is 9.47 Å². The average molecular weight is 207 g/mol. The van der Waals surface area contributed by atoms with Gasteiger partial charge in [-0.15, -0.1) is 0 Å². The molecule has 0 heterocycles. The molecule has 0 aliphatic rings. The van der Waals surface area contributed by atoms with Crippen molar-refractivity contribution in [3.8, 4) is 11.5 Å². The van der Waals surface area contributed by atoms with Crippen molar-refractivity contribution < 1.29 is 14.3 Å². The number of carbonyl (C=O) groups excluding carboxylic acids is 1. The Kier molecular flexibility index (Phi) is 4.38. The summed E-state index contributed by atoms with van der Waals surface area (Å²) in [5, 5.41) is 0. The maximum absolute atomic E-state index is 9.88. The summed E-state index contributed by atoms with van der Waals surface area (Å²) in [5.74, 6) is 1.38. The number of benzene rings is 1. The fourth-order valence-electron chi connectivity index (χ4n) is 1.27. The summed E-state index contributed by atoms with van der Waals surface area (Å²) in [7, 11) is 3.18. The molecule has 15 heavy (non-hydrogen) atoms. The summed E-state index contributed by atoms with van der Waals surface area (Å²) < 4.78 is 10.3. The molecule has 0 amide bonds. The molecule has 1 rings (SSSR count). The summed E-state index contributed by atoms with van der Waals surface area (Å²) >= 11 is 0. The third kappa shape index (κ3) is 3.11. The van der Waals surface area contributed by atoms with Gasteiger partial charge in [0.25, 0.3) is 0 Å². The molecule has 0 fully saturated rings. The monoisotopic (exact) mass is 207 g/mol. The molecule has 0 saturated carbocycles. The van der Waals surface area contributed by atoms with Crippen molar-refractivity contribution in [2.45, 2.75) is 6.42 Å². The zero-order valence-electron chi connectivity index (χ0n) is 8.82. The molecule has 0 bridgehead atoms. The van der Waals surface area contributed by atoms with E-state index in [9.17, 15) is 4.79 Å². The van der Waals surface area contributed by atoms with E-state index < -0.39 is 0 Å². The van der Waals surface area contributed by atoms with Gasteiger partial charge in [-0.05, 0) is 24.1 Å². The Bertz CT molecular complexity index is 370. The highest BCUT2D eigenvalue weighted by atomic mass is 16.5. The molecule has 0 N–H and O–H groups in total. The topological polar surface area (TPSA) is 47.9 Å². The third-order valence-electron chi connectivity index (χ3n) is 2.02. The van der Waals surface area contributed by atoms with Gasteiger partial charge in [0.1, 0.15) is 0 Å². The number of aliphatic imine (C=N–C) groups is 1. The van der Waals surface area contributed by atoms with Gasteiger partial charge < -0.3 is 9.47 Å². The Morgan fingerprint density at radius 1 is 1.27 bits per heavy atom. The Hall–Kier alpha value is -1.80. The lowest BCUT2D eigenvalue weighted by molar-refractivity contribution is 0.354. The van der Waals surface area contributed by atoms with Crippen molar-refractivity contribution >= 4 is 6.08 Å². The van der Waals surface area contributed by atoms with E-state index in [2.05, 4.69) is 4.99 Å². The van der Waals surface area contributed by atoms with Gasteiger partial charge in [-0.1, -0.05) is 6.07 Å². The van der Waals surface area contributed by atoms with E-state index in [4.69, 9.17) is 9.47 Å². The summed E-state index contributed by atoms with van der Waals surface area (Å²) in [6.07, 6.45) is 2.20. The number of hydrogen-bond donors (Lipinski definition) is 0. The van der Waals surface area contributed by atoms with E-state index >= 15 is 0 Å². The molecule has 0 unspecified atom stereocenters. The molecule has 0 saturated heterocycles. The lowest BCUT2D eigenvalue weighted by Gasteiger charge is -2.08. The van der Waals surface area contributed by atoms with Gasteiger partial charge in [-0.2, -0.15) is 0 Å². The molecule has 0 atom stereocenters. The van der Waals surface area contributed by atoms with Crippen LogP contribution in [0.2, 0.25) is 0 Å². The van der Waals surface area contributed by atoms with Gasteiger partial charge in [-0.3, -0.25) is 0 Å². The first-order valence-electron chi connectivity index (χ1n) is 4.56. The van der Waals surface area contributed by atoms with E-state index in [1.54, 1.807) is 14.2 Å². The number of ether oxygens (including phenoxy) is 2. The minimum absolute atomic E-state index is 0.443. The van der Waals surface area contributed by atoms with E-state index in [1.165, 1.54) is 6.08 Å². The van der Waals surface area contributed by atoms with Crippen LogP contribution in [0.15, 0.2) is 23.2 Å². The molecule has 0 aromatic heterocycles. The first-order valence-corrected chi connectivity index (χ1v) is 4.56. The summed E-state index contributed by atoms with van der Waals surface area (Å²) in [4.78, 5) is 13.4. The van der Waals surface area contributed by atoms with Crippen molar-refractivity contribution in [1.82, 2.24) is 0 Å². The van der Waals surface area contributed by atoms with Crippen LogP contribution in [0.4, 0.5) is 0 Å². The molecule has 0 aliphatic heterocycles. The van der Waals surface area contributed by atoms with Gasteiger partial charge in [-0.25, -0.2) is 9.79 Å². The van der Waals surface area contributed by atoms with Crippen molar-refractivity contribution in [2.24, 2.45) is 4.99 Å². The second-order valence-electron chi connectivity index (χ2n) is 2.91. The Balaban J connectivity index is 2.78. The van der Waals surface area contributed by atoms with Gasteiger partial charge in [0.05, 0.1) is 20.8 Å². The third-order valence-corrected chi connectivity index (χ3v) is 2.02. The molecule has 80 valence electrons. The van der Waals surface area contributed by atoms with Crippen molar-refractivity contribution in [2.75, 3.05) is 20.8 Å². The summed E-state index contributed by atoms with van der Waals surface area (Å²) in [6.45, 7) is 0.443. The first kappa shape index (κ1) is 11.3. The van der Waals surface area contributed by atoms with Gasteiger partial charge in [0.15, 0.2) is 11.5 Å². The fraction of sp³-hybridized carbons (Fsp3) is 0.364. The minimum Gasteiger partial charge on any atom is -0.493 e. The normalized spacial score (nSPS) is 9.20. The van der Waals surface area contributed by atoms with Crippen LogP contribution in [0.3, 0.4) is 0 Å². The zero-order chi connectivity index (χ0) is 11.1. The molecule has 4 heteroatoms. The van der Waals surface area contributed by atoms with Crippen LogP contribution in [-0.4, -0.2) is 26.8 Å². The van der Waals surface area contributed by atoms with E-state index in [-0.39, 0.29) is 0 Å². The largest absolute Gasteiger partial charge is 0.493 e. The average Bonchev–Trinajstić information content (AvgIpc) is 2.29. The lowest BCUT2D eigenvalue weighted by Crippen LogP contribution is -1.94. The van der Waals surface area contributed by atoms with Gasteiger partial charge in [0, 0.05) is 0 Å². The Morgan fingerprint density at radius 3 is 2.60 bits per heavy atom. The number of methoxy groups -OCH3 is 2. The van der Waals surface area contributed by atoms with Crippen molar-refractivity contribution in [3.63, 3.8) is 0 Å². The predicted octanol–water partition coefficient (Wildman–Crippen LogP) is 1.58. The zero-order valence-corrected chi connectivity index (χ0v) is 8.82. The van der Waals surface area contributed by atoms with Crippen LogP contribution >= 0.6 is 0 Å². The smallest absolute Gasteiger partial charge is 0.234 e. The predicted molar refractivity (Wildman–Crippen MR) is 56.2 cm³/mol. The highest BCUT2D eigenvalue weighted by Gasteiger charge is 2.03. The van der Waals surface area contributed by atoms with Gasteiger partial charge >= 0.3 is 0 Å². The Labute approximate surface area is 88.5 Å². The lowest BCUT2D eigenvalue weighted by atomic mass is 10.1. The van der Waals surface area contributed by atoms with Crippen molar-refractivity contribution in [3.05, 3.63) is 23.8 Å². The molecule has 1 aromatic carbocycles. The van der Waals surface area contributed by atoms with E-state index in [0.717, 1.165) is 5.56 Å². The molecule has 4 nitrogen and oxygen atoms in total.